The monoisotopic (exact) mass is 421 g/mol. The van der Waals surface area contributed by atoms with Crippen molar-refractivity contribution in [3.05, 3.63) is 82.8 Å². The maximum atomic E-state index is 12.6. The molecule has 0 saturated heterocycles. The lowest BCUT2D eigenvalue weighted by Crippen LogP contribution is -2.42. The molecule has 0 bridgehead atoms. The van der Waals surface area contributed by atoms with E-state index in [1.807, 2.05) is 36.4 Å². The third-order valence-corrected chi connectivity index (χ3v) is 5.34. The molecule has 4 rings (SSSR count). The van der Waals surface area contributed by atoms with Crippen molar-refractivity contribution >= 4 is 34.7 Å². The molecule has 4 aromatic rings. The van der Waals surface area contributed by atoms with Crippen LogP contribution in [0.3, 0.4) is 0 Å². The molecule has 2 aromatic heterocycles. The summed E-state index contributed by atoms with van der Waals surface area (Å²) in [7, 11) is 0. The number of oxazole rings is 1. The minimum atomic E-state index is -0.434. The quantitative estimate of drug-likeness (QED) is 0.366. The highest BCUT2D eigenvalue weighted by Gasteiger charge is 2.16. The smallest absolute Gasteiger partial charge is 0.273 e. The first-order chi connectivity index (χ1) is 14.5. The first kappa shape index (κ1) is 19.8. The Balaban J connectivity index is 1.42. The van der Waals surface area contributed by atoms with Crippen LogP contribution in [0.2, 0.25) is 0 Å². The van der Waals surface area contributed by atoms with Crippen molar-refractivity contribution in [1.82, 2.24) is 15.8 Å². The topological polar surface area (TPSA) is 97.4 Å². The molecular weight excluding hydrogens is 402 g/mol. The number of thioether (sulfide) groups is 1. The number of rotatable bonds is 5. The summed E-state index contributed by atoms with van der Waals surface area (Å²) in [5.41, 5.74) is 8.05. The van der Waals surface area contributed by atoms with Gasteiger partial charge in [-0.2, -0.15) is 0 Å². The molecule has 2 N–H and O–H groups in total. The average Bonchev–Trinajstić information content (AvgIpc) is 3.32. The van der Waals surface area contributed by atoms with Gasteiger partial charge in [0, 0.05) is 11.3 Å². The molecule has 0 aliphatic rings. The number of nitrogens with one attached hydrogen (secondary N) is 2. The highest BCUT2D eigenvalue weighted by Crippen LogP contribution is 2.27. The fraction of sp³-hybridized carbons (Fsp3) is 0.136. The first-order valence-electron chi connectivity index (χ1n) is 9.25. The van der Waals surface area contributed by atoms with E-state index in [-0.39, 0.29) is 0 Å². The fourth-order valence-electron chi connectivity index (χ4n) is 3.02. The van der Waals surface area contributed by atoms with Crippen molar-refractivity contribution in [3.8, 4) is 0 Å². The van der Waals surface area contributed by atoms with Crippen LogP contribution in [0.5, 0.6) is 0 Å². The third kappa shape index (κ3) is 4.23. The zero-order chi connectivity index (χ0) is 21.1. The molecule has 2 aromatic carbocycles. The SMILES string of the molecule is Cc1cc(C(=O)NNC(=O)c2ccccc2CSc2nc3ccccc3o2)c(C)o1. The number of aromatic nitrogens is 1. The van der Waals surface area contributed by atoms with Crippen molar-refractivity contribution in [1.29, 1.82) is 0 Å². The first-order valence-corrected chi connectivity index (χ1v) is 10.2. The van der Waals surface area contributed by atoms with E-state index in [2.05, 4.69) is 15.8 Å². The number of aryl methyl sites for hydroxylation is 2. The summed E-state index contributed by atoms with van der Waals surface area (Å²) in [4.78, 5) is 29.4. The molecule has 0 fully saturated rings. The van der Waals surface area contributed by atoms with Gasteiger partial charge in [0.25, 0.3) is 17.0 Å². The Morgan fingerprint density at radius 2 is 1.63 bits per heavy atom. The van der Waals surface area contributed by atoms with Crippen LogP contribution in [-0.4, -0.2) is 16.8 Å². The van der Waals surface area contributed by atoms with Gasteiger partial charge in [0.1, 0.15) is 17.0 Å². The zero-order valence-electron chi connectivity index (χ0n) is 16.4. The van der Waals surface area contributed by atoms with E-state index in [0.717, 1.165) is 16.7 Å². The highest BCUT2D eigenvalue weighted by molar-refractivity contribution is 7.98. The molecule has 30 heavy (non-hydrogen) atoms. The second-order valence-electron chi connectivity index (χ2n) is 6.63. The molecule has 0 saturated carbocycles. The number of fused-ring (bicyclic) bond motifs is 1. The fourth-order valence-corrected chi connectivity index (χ4v) is 3.87. The van der Waals surface area contributed by atoms with Crippen molar-refractivity contribution in [3.63, 3.8) is 0 Å². The van der Waals surface area contributed by atoms with Crippen molar-refractivity contribution in [2.75, 3.05) is 0 Å². The number of hydrogen-bond acceptors (Lipinski definition) is 6. The lowest BCUT2D eigenvalue weighted by molar-refractivity contribution is 0.0845. The van der Waals surface area contributed by atoms with Gasteiger partial charge in [-0.1, -0.05) is 42.1 Å². The van der Waals surface area contributed by atoms with E-state index in [1.165, 1.54) is 11.8 Å². The highest BCUT2D eigenvalue weighted by atomic mass is 32.2. The molecule has 0 atom stereocenters. The molecule has 2 heterocycles. The predicted octanol–water partition coefficient (Wildman–Crippen LogP) is 4.40. The molecule has 0 unspecified atom stereocenters. The number of hydrogen-bond donors (Lipinski definition) is 2. The van der Waals surface area contributed by atoms with Crippen LogP contribution in [0, 0.1) is 13.8 Å². The number of amides is 2. The van der Waals surface area contributed by atoms with E-state index in [1.54, 1.807) is 32.0 Å². The number of carbonyl (C=O) groups excluding carboxylic acids is 2. The van der Waals surface area contributed by atoms with Gasteiger partial charge in [0.2, 0.25) is 0 Å². The maximum Gasteiger partial charge on any atom is 0.273 e. The number of furan rings is 1. The van der Waals surface area contributed by atoms with Crippen molar-refractivity contribution < 1.29 is 18.4 Å². The largest absolute Gasteiger partial charge is 0.466 e. The van der Waals surface area contributed by atoms with Crippen molar-refractivity contribution in [2.45, 2.75) is 24.8 Å². The van der Waals surface area contributed by atoms with E-state index in [4.69, 9.17) is 8.83 Å². The molecule has 0 radical (unpaired) electrons. The van der Waals surface area contributed by atoms with Gasteiger partial charge >= 0.3 is 0 Å². The second-order valence-corrected chi connectivity index (χ2v) is 7.56. The summed E-state index contributed by atoms with van der Waals surface area (Å²) in [5.74, 6) is 0.774. The van der Waals surface area contributed by atoms with Crippen LogP contribution in [0.4, 0.5) is 0 Å². The van der Waals surface area contributed by atoms with E-state index in [0.29, 0.717) is 33.6 Å². The van der Waals surface area contributed by atoms with Gasteiger partial charge in [-0.3, -0.25) is 20.4 Å². The summed E-state index contributed by atoms with van der Waals surface area (Å²) in [6.45, 7) is 3.45. The Morgan fingerprint density at radius 1 is 0.933 bits per heavy atom. The van der Waals surface area contributed by atoms with Crippen LogP contribution < -0.4 is 10.9 Å². The molecule has 8 heteroatoms. The van der Waals surface area contributed by atoms with Gasteiger partial charge in [-0.05, 0) is 43.7 Å². The van der Waals surface area contributed by atoms with Crippen LogP contribution in [-0.2, 0) is 5.75 Å². The Kier molecular flexibility index (Phi) is 5.58. The molecular formula is C22H19N3O4S. The van der Waals surface area contributed by atoms with Crippen LogP contribution in [0.1, 0.15) is 37.8 Å². The minimum Gasteiger partial charge on any atom is -0.466 e. The summed E-state index contributed by atoms with van der Waals surface area (Å²) >= 11 is 1.40. The molecule has 152 valence electrons. The van der Waals surface area contributed by atoms with Gasteiger partial charge in [0.05, 0.1) is 5.56 Å². The molecule has 0 aliphatic carbocycles. The van der Waals surface area contributed by atoms with Gasteiger partial charge in [0.15, 0.2) is 5.58 Å². The molecule has 7 nitrogen and oxygen atoms in total. The number of hydrazine groups is 1. The maximum absolute atomic E-state index is 12.6. The molecule has 2 amide bonds. The van der Waals surface area contributed by atoms with Crippen molar-refractivity contribution in [2.24, 2.45) is 0 Å². The third-order valence-electron chi connectivity index (χ3n) is 4.46. The van der Waals surface area contributed by atoms with Gasteiger partial charge < -0.3 is 8.83 Å². The number of para-hydroxylation sites is 2. The van der Waals surface area contributed by atoms with E-state index >= 15 is 0 Å². The summed E-state index contributed by atoms with van der Waals surface area (Å²) in [5, 5.41) is 0.533. The number of nitrogens with zero attached hydrogens (tertiary/aromatic N) is 1. The van der Waals surface area contributed by atoms with Gasteiger partial charge in [-0.15, -0.1) is 0 Å². The van der Waals surface area contributed by atoms with E-state index in [9.17, 15) is 9.59 Å². The number of benzene rings is 2. The standard InChI is InChI=1S/C22H19N3O4S/c1-13-11-17(14(2)28-13)21(27)25-24-20(26)16-8-4-3-7-15(16)12-30-22-23-18-9-5-6-10-19(18)29-22/h3-11H,12H2,1-2H3,(H,24,26)(H,25,27). The zero-order valence-corrected chi connectivity index (χ0v) is 17.2. The Labute approximate surface area is 176 Å². The van der Waals surface area contributed by atoms with Crippen LogP contribution in [0.25, 0.3) is 11.1 Å². The van der Waals surface area contributed by atoms with Gasteiger partial charge in [-0.25, -0.2) is 4.98 Å². The second kappa shape index (κ2) is 8.46. The lowest BCUT2D eigenvalue weighted by Gasteiger charge is -2.10. The Bertz CT molecular complexity index is 1200. The average molecular weight is 421 g/mol. The molecule has 0 spiro atoms. The molecule has 0 aliphatic heterocycles. The Morgan fingerprint density at radius 3 is 2.37 bits per heavy atom. The van der Waals surface area contributed by atoms with Crippen LogP contribution in [0.15, 0.2) is 68.7 Å². The summed E-state index contributed by atoms with van der Waals surface area (Å²) < 4.78 is 11.1. The summed E-state index contributed by atoms with van der Waals surface area (Å²) in [6, 6.07) is 16.4. The van der Waals surface area contributed by atoms with E-state index < -0.39 is 11.8 Å². The minimum absolute atomic E-state index is 0.382. The lowest BCUT2D eigenvalue weighted by atomic mass is 10.1. The van der Waals surface area contributed by atoms with Crippen LogP contribution >= 0.6 is 11.8 Å². The predicted molar refractivity (Wildman–Crippen MR) is 113 cm³/mol. The Hall–Kier alpha value is -3.52. The normalized spacial score (nSPS) is 10.9. The summed E-state index contributed by atoms with van der Waals surface area (Å²) in [6.07, 6.45) is 0. The number of carbonyl (C=O) groups is 2.